The second kappa shape index (κ2) is 8.91. The number of ether oxygens (including phenoxy) is 1. The maximum Gasteiger partial charge on any atom is 0.258 e. The van der Waals surface area contributed by atoms with Crippen molar-refractivity contribution < 1.29 is 9.84 Å². The summed E-state index contributed by atoms with van der Waals surface area (Å²) in [5.41, 5.74) is 1.90. The number of aromatic amines is 2. The summed E-state index contributed by atoms with van der Waals surface area (Å²) in [5, 5.41) is 10.1. The van der Waals surface area contributed by atoms with Crippen molar-refractivity contribution in [2.75, 3.05) is 0 Å². The molecule has 31 heavy (non-hydrogen) atoms. The van der Waals surface area contributed by atoms with Crippen LogP contribution in [0, 0.1) is 0 Å². The minimum absolute atomic E-state index is 0.112. The highest BCUT2D eigenvalue weighted by Gasteiger charge is 2.02. The van der Waals surface area contributed by atoms with Gasteiger partial charge in [0.1, 0.15) is 18.1 Å². The second-order valence-corrected chi connectivity index (χ2v) is 6.62. The van der Waals surface area contributed by atoms with Crippen molar-refractivity contribution in [1.82, 2.24) is 19.9 Å². The van der Waals surface area contributed by atoms with E-state index in [1.165, 1.54) is 30.9 Å². The number of phenols is 1. The zero-order valence-electron chi connectivity index (χ0n) is 16.3. The first-order valence-corrected chi connectivity index (χ1v) is 9.41. The molecule has 154 valence electrons. The highest BCUT2D eigenvalue weighted by molar-refractivity contribution is 5.79. The van der Waals surface area contributed by atoms with E-state index in [1.807, 2.05) is 30.3 Å². The van der Waals surface area contributed by atoms with Gasteiger partial charge in [-0.15, -0.1) is 0 Å². The summed E-state index contributed by atoms with van der Waals surface area (Å²) in [6.07, 6.45) is 2.70. The molecular weight excluding hydrogens is 396 g/mol. The maximum absolute atomic E-state index is 11.5. The van der Waals surface area contributed by atoms with Crippen LogP contribution < -0.4 is 15.9 Å². The van der Waals surface area contributed by atoms with E-state index in [2.05, 4.69) is 19.9 Å². The number of nitrogens with zero attached hydrogens (tertiary/aromatic N) is 2. The van der Waals surface area contributed by atoms with Gasteiger partial charge >= 0.3 is 0 Å². The monoisotopic (exact) mass is 414 g/mol. The number of H-pyrrole nitrogens is 2. The number of hydrogen-bond acceptors (Lipinski definition) is 6. The van der Waals surface area contributed by atoms with E-state index >= 15 is 0 Å². The molecule has 0 spiro atoms. The van der Waals surface area contributed by atoms with Crippen molar-refractivity contribution in [3.63, 3.8) is 0 Å². The summed E-state index contributed by atoms with van der Waals surface area (Å²) in [7, 11) is 0. The third-order valence-corrected chi connectivity index (χ3v) is 4.49. The highest BCUT2D eigenvalue weighted by atomic mass is 16.5. The number of rotatable bonds is 3. The number of aromatic nitrogens is 4. The predicted molar refractivity (Wildman–Crippen MR) is 117 cm³/mol. The van der Waals surface area contributed by atoms with E-state index in [-0.39, 0.29) is 16.9 Å². The van der Waals surface area contributed by atoms with Crippen LogP contribution in [-0.2, 0) is 6.61 Å². The Kier molecular flexibility index (Phi) is 5.70. The highest BCUT2D eigenvalue weighted by Crippen LogP contribution is 2.17. The lowest BCUT2D eigenvalue weighted by Gasteiger charge is -2.06. The average Bonchev–Trinajstić information content (AvgIpc) is 2.79. The molecule has 0 amide bonds. The molecular formula is C23H18N4O4. The fourth-order valence-electron chi connectivity index (χ4n) is 2.94. The van der Waals surface area contributed by atoms with E-state index < -0.39 is 0 Å². The van der Waals surface area contributed by atoms with Gasteiger partial charge in [0.05, 0.1) is 34.5 Å². The lowest BCUT2D eigenvalue weighted by molar-refractivity contribution is 0.306. The third kappa shape index (κ3) is 4.76. The minimum Gasteiger partial charge on any atom is -0.508 e. The van der Waals surface area contributed by atoms with E-state index in [4.69, 9.17) is 9.84 Å². The van der Waals surface area contributed by atoms with Crippen LogP contribution >= 0.6 is 0 Å². The lowest BCUT2D eigenvalue weighted by atomic mass is 10.2. The lowest BCUT2D eigenvalue weighted by Crippen LogP contribution is -2.06. The molecule has 0 radical (unpaired) electrons. The van der Waals surface area contributed by atoms with Gasteiger partial charge in [-0.05, 0) is 29.8 Å². The second-order valence-electron chi connectivity index (χ2n) is 6.62. The molecule has 0 aliphatic heterocycles. The molecule has 2 aromatic heterocycles. The fraction of sp³-hybridized carbons (Fsp3) is 0.0435. The van der Waals surface area contributed by atoms with E-state index in [9.17, 15) is 9.59 Å². The van der Waals surface area contributed by atoms with Gasteiger partial charge in [-0.1, -0.05) is 30.3 Å². The Morgan fingerprint density at radius 2 is 1.39 bits per heavy atom. The number of phenolic OH excluding ortho intramolecular Hbond substituents is 1. The first-order chi connectivity index (χ1) is 15.1. The summed E-state index contributed by atoms with van der Waals surface area (Å²) >= 11 is 0. The Morgan fingerprint density at radius 3 is 2.06 bits per heavy atom. The average molecular weight is 414 g/mol. The minimum atomic E-state index is -0.194. The van der Waals surface area contributed by atoms with Crippen molar-refractivity contribution in [3.05, 3.63) is 106 Å². The molecule has 0 unspecified atom stereocenters. The molecule has 3 N–H and O–H groups in total. The zero-order chi connectivity index (χ0) is 21.6. The molecule has 0 bridgehead atoms. The first-order valence-electron chi connectivity index (χ1n) is 9.41. The van der Waals surface area contributed by atoms with Gasteiger partial charge < -0.3 is 19.8 Å². The van der Waals surface area contributed by atoms with Gasteiger partial charge in [-0.3, -0.25) is 9.59 Å². The Balaban J connectivity index is 0.000000166. The number of benzene rings is 3. The smallest absolute Gasteiger partial charge is 0.258 e. The largest absolute Gasteiger partial charge is 0.508 e. The van der Waals surface area contributed by atoms with Crippen molar-refractivity contribution in [2.24, 2.45) is 0 Å². The number of hydrogen-bond donors (Lipinski definition) is 3. The standard InChI is InChI=1S/C15H12N2O2.C8H6N2O2/c18-15-13-7-6-12(8-14(13)16-10-17-15)19-9-11-4-2-1-3-5-11;11-5-1-2-6-7(3-5)9-4-10-8(6)12/h1-8,10H,9H2,(H,16,17,18);1-4,11H,(H,9,10,12). The molecule has 0 aliphatic carbocycles. The van der Waals surface area contributed by atoms with Gasteiger partial charge in [0.2, 0.25) is 0 Å². The summed E-state index contributed by atoms with van der Waals surface area (Å²) in [6.45, 7) is 0.496. The molecule has 5 rings (SSSR count). The summed E-state index contributed by atoms with van der Waals surface area (Å²) in [5.74, 6) is 0.815. The number of fused-ring (bicyclic) bond motifs is 2. The summed E-state index contributed by atoms with van der Waals surface area (Å²) in [4.78, 5) is 35.6. The number of aromatic hydroxyl groups is 1. The molecule has 8 heteroatoms. The van der Waals surface area contributed by atoms with Gasteiger partial charge in [-0.2, -0.15) is 0 Å². The Morgan fingerprint density at radius 1 is 0.774 bits per heavy atom. The summed E-state index contributed by atoms with van der Waals surface area (Å²) < 4.78 is 5.69. The molecule has 3 aromatic carbocycles. The van der Waals surface area contributed by atoms with Gasteiger partial charge in [0.25, 0.3) is 11.1 Å². The molecule has 0 fully saturated rings. The quantitative estimate of drug-likeness (QED) is 0.417. The molecule has 0 saturated carbocycles. The fourth-order valence-corrected chi connectivity index (χ4v) is 2.94. The third-order valence-electron chi connectivity index (χ3n) is 4.49. The van der Waals surface area contributed by atoms with E-state index in [0.29, 0.717) is 34.2 Å². The van der Waals surface area contributed by atoms with Crippen LogP contribution in [0.15, 0.2) is 89.0 Å². The molecule has 0 atom stereocenters. The van der Waals surface area contributed by atoms with Crippen LogP contribution in [0.25, 0.3) is 21.8 Å². The Bertz CT molecular complexity index is 1450. The van der Waals surface area contributed by atoms with E-state index in [1.54, 1.807) is 18.2 Å². The van der Waals surface area contributed by atoms with Gasteiger partial charge in [-0.25, -0.2) is 9.97 Å². The van der Waals surface area contributed by atoms with E-state index in [0.717, 1.165) is 5.56 Å². The van der Waals surface area contributed by atoms with Crippen LogP contribution in [0.3, 0.4) is 0 Å². The van der Waals surface area contributed by atoms with Crippen molar-refractivity contribution in [3.8, 4) is 11.5 Å². The van der Waals surface area contributed by atoms with Crippen molar-refractivity contribution in [1.29, 1.82) is 0 Å². The van der Waals surface area contributed by atoms with Crippen LogP contribution in [0.5, 0.6) is 11.5 Å². The van der Waals surface area contributed by atoms with Crippen molar-refractivity contribution >= 4 is 21.8 Å². The molecule has 2 heterocycles. The molecule has 8 nitrogen and oxygen atoms in total. The van der Waals surface area contributed by atoms with Crippen LogP contribution in [0.2, 0.25) is 0 Å². The predicted octanol–water partition coefficient (Wildman–Crippen LogP) is 3.13. The van der Waals surface area contributed by atoms with Crippen molar-refractivity contribution in [2.45, 2.75) is 6.61 Å². The zero-order valence-corrected chi connectivity index (χ0v) is 16.3. The van der Waals surface area contributed by atoms with Crippen LogP contribution in [-0.4, -0.2) is 25.0 Å². The van der Waals surface area contributed by atoms with Crippen LogP contribution in [0.1, 0.15) is 5.56 Å². The Hall–Kier alpha value is -4.46. The molecule has 0 aliphatic rings. The number of nitrogens with one attached hydrogen (secondary N) is 2. The maximum atomic E-state index is 11.5. The van der Waals surface area contributed by atoms with Gasteiger partial charge in [0.15, 0.2) is 0 Å². The Labute approximate surface area is 175 Å². The summed E-state index contributed by atoms with van der Waals surface area (Å²) in [6, 6.07) is 19.6. The SMILES string of the molecule is O=c1[nH]cnc2cc(O)ccc12.O=c1[nH]cnc2cc(OCc3ccccc3)ccc12. The molecule has 5 aromatic rings. The van der Waals surface area contributed by atoms with Crippen LogP contribution in [0.4, 0.5) is 0 Å². The normalized spacial score (nSPS) is 10.5. The molecule has 0 saturated heterocycles. The topological polar surface area (TPSA) is 121 Å². The van der Waals surface area contributed by atoms with Gasteiger partial charge in [0, 0.05) is 12.1 Å². The first kappa shape index (κ1) is 19.8.